The lowest BCUT2D eigenvalue weighted by Gasteiger charge is -2.09. The molecule has 0 saturated heterocycles. The van der Waals surface area contributed by atoms with Gasteiger partial charge in [-0.2, -0.15) is 0 Å². The lowest BCUT2D eigenvalue weighted by molar-refractivity contribution is 0.413. The van der Waals surface area contributed by atoms with E-state index in [9.17, 15) is 9.90 Å². The van der Waals surface area contributed by atoms with Crippen molar-refractivity contribution in [3.63, 3.8) is 0 Å². The van der Waals surface area contributed by atoms with Crippen molar-refractivity contribution in [2.24, 2.45) is 4.99 Å². The summed E-state index contributed by atoms with van der Waals surface area (Å²) in [4.78, 5) is 18.9. The molecule has 0 amide bonds. The minimum Gasteiger partial charge on any atom is -0.494 e. The van der Waals surface area contributed by atoms with E-state index in [1.165, 1.54) is 4.57 Å². The van der Waals surface area contributed by atoms with Crippen LogP contribution in [0.1, 0.15) is 11.1 Å². The summed E-state index contributed by atoms with van der Waals surface area (Å²) in [5.41, 5.74) is 2.22. The molecule has 6 heteroatoms. The summed E-state index contributed by atoms with van der Waals surface area (Å²) in [5, 5.41) is 10.3. The van der Waals surface area contributed by atoms with E-state index < -0.39 is 5.56 Å². The van der Waals surface area contributed by atoms with Crippen molar-refractivity contribution in [3.05, 3.63) is 63.2 Å². The minimum absolute atomic E-state index is 0.147. The van der Waals surface area contributed by atoms with E-state index in [0.717, 1.165) is 16.8 Å². The fourth-order valence-electron chi connectivity index (χ4n) is 2.31. The Kier molecular flexibility index (Phi) is 3.60. The van der Waals surface area contributed by atoms with Gasteiger partial charge in [-0.05, 0) is 24.4 Å². The zero-order valence-corrected chi connectivity index (χ0v) is 12.4. The molecule has 0 aliphatic carbocycles. The van der Waals surface area contributed by atoms with Gasteiger partial charge < -0.3 is 5.11 Å². The molecule has 0 saturated carbocycles. The van der Waals surface area contributed by atoms with Gasteiger partial charge >= 0.3 is 0 Å². The van der Waals surface area contributed by atoms with Gasteiger partial charge in [0.2, 0.25) is 5.88 Å². The maximum absolute atomic E-state index is 12.1. The summed E-state index contributed by atoms with van der Waals surface area (Å²) in [6.45, 7) is 3.92. The standard InChI is InChI=1S/C16H13N3O2S/c1-2-7-19-15(21)12(14(20)18-16(19)22)8-10-9-17-13-6-4-3-5-11(10)13/h2-6,8-9,21H,1,7H2,(H,18,20,22). The highest BCUT2D eigenvalue weighted by Crippen LogP contribution is 2.32. The van der Waals surface area contributed by atoms with E-state index in [1.54, 1.807) is 18.4 Å². The Morgan fingerprint density at radius 1 is 1.41 bits per heavy atom. The summed E-state index contributed by atoms with van der Waals surface area (Å²) in [6.07, 6.45) is 4.87. The Morgan fingerprint density at radius 3 is 2.95 bits per heavy atom. The van der Waals surface area contributed by atoms with E-state index in [1.807, 2.05) is 24.3 Å². The molecule has 5 nitrogen and oxygen atoms in total. The Hall–Kier alpha value is -2.73. The lowest BCUT2D eigenvalue weighted by atomic mass is 10.1. The molecule has 0 spiro atoms. The summed E-state index contributed by atoms with van der Waals surface area (Å²) in [6, 6.07) is 7.60. The number of aromatic hydroxyl groups is 1. The van der Waals surface area contributed by atoms with Gasteiger partial charge in [0.1, 0.15) is 5.56 Å². The van der Waals surface area contributed by atoms with Crippen LogP contribution in [0.3, 0.4) is 0 Å². The fourth-order valence-corrected chi connectivity index (χ4v) is 2.57. The van der Waals surface area contributed by atoms with Crippen LogP contribution in [0.2, 0.25) is 0 Å². The Balaban J connectivity index is 2.19. The maximum atomic E-state index is 12.1. The molecule has 2 aromatic rings. The minimum atomic E-state index is -0.437. The first-order valence-electron chi connectivity index (χ1n) is 6.64. The number of allylic oxidation sites excluding steroid dienone is 2. The first-order chi connectivity index (χ1) is 10.6. The molecule has 0 unspecified atom stereocenters. The highest BCUT2D eigenvalue weighted by Gasteiger charge is 2.15. The predicted molar refractivity (Wildman–Crippen MR) is 90.2 cm³/mol. The van der Waals surface area contributed by atoms with Crippen molar-refractivity contribution in [2.45, 2.75) is 6.54 Å². The van der Waals surface area contributed by atoms with Crippen LogP contribution >= 0.6 is 12.2 Å². The number of fused-ring (bicyclic) bond motifs is 1. The van der Waals surface area contributed by atoms with Crippen LogP contribution in [0.5, 0.6) is 5.88 Å². The first-order valence-corrected chi connectivity index (χ1v) is 7.05. The largest absolute Gasteiger partial charge is 0.494 e. The molecule has 0 atom stereocenters. The predicted octanol–water partition coefficient (Wildman–Crippen LogP) is 3.05. The van der Waals surface area contributed by atoms with Gasteiger partial charge in [0.25, 0.3) is 5.56 Å². The summed E-state index contributed by atoms with van der Waals surface area (Å²) < 4.78 is 1.57. The van der Waals surface area contributed by atoms with Gasteiger partial charge in [0.15, 0.2) is 4.77 Å². The van der Waals surface area contributed by atoms with Crippen LogP contribution in [0.4, 0.5) is 5.69 Å². The van der Waals surface area contributed by atoms with E-state index in [0.29, 0.717) is 6.54 Å². The summed E-state index contributed by atoms with van der Waals surface area (Å²) >= 11 is 5.05. The Bertz CT molecular complexity index is 935. The molecule has 0 bridgehead atoms. The van der Waals surface area contributed by atoms with E-state index in [2.05, 4.69) is 16.6 Å². The smallest absolute Gasteiger partial charge is 0.262 e. The molecule has 1 aliphatic heterocycles. The van der Waals surface area contributed by atoms with Gasteiger partial charge in [-0.1, -0.05) is 24.3 Å². The average Bonchev–Trinajstić information content (AvgIpc) is 2.91. The molecule has 1 aliphatic rings. The van der Waals surface area contributed by atoms with Crippen LogP contribution in [-0.4, -0.2) is 20.9 Å². The van der Waals surface area contributed by atoms with Crippen molar-refractivity contribution in [3.8, 4) is 5.88 Å². The Labute approximate surface area is 131 Å². The number of nitrogens with one attached hydrogen (secondary N) is 1. The third-order valence-corrected chi connectivity index (χ3v) is 3.70. The molecule has 22 heavy (non-hydrogen) atoms. The third-order valence-electron chi connectivity index (χ3n) is 3.38. The zero-order valence-electron chi connectivity index (χ0n) is 11.6. The number of aromatic nitrogens is 2. The molecule has 0 radical (unpaired) electrons. The molecule has 3 rings (SSSR count). The highest BCUT2D eigenvalue weighted by molar-refractivity contribution is 7.71. The van der Waals surface area contributed by atoms with Gasteiger partial charge in [-0.3, -0.25) is 19.3 Å². The summed E-state index contributed by atoms with van der Waals surface area (Å²) in [5.74, 6) is -0.182. The average molecular weight is 311 g/mol. The van der Waals surface area contributed by atoms with Crippen molar-refractivity contribution >= 4 is 35.8 Å². The number of aromatic amines is 1. The Morgan fingerprint density at radius 2 is 2.18 bits per heavy atom. The number of benzene rings is 1. The molecular weight excluding hydrogens is 298 g/mol. The zero-order chi connectivity index (χ0) is 15.7. The number of H-pyrrole nitrogens is 1. The molecule has 110 valence electrons. The number of hydrogen-bond acceptors (Lipinski definition) is 4. The SMILES string of the molecule is C=CCn1c(O)c(C=C2C=Nc3ccccc32)c(=O)[nH]c1=S. The number of hydrogen-bond donors (Lipinski definition) is 2. The van der Waals surface area contributed by atoms with Gasteiger partial charge in [0.05, 0.1) is 5.69 Å². The number of rotatable bonds is 3. The monoisotopic (exact) mass is 311 g/mol. The fraction of sp³-hybridized carbons (Fsp3) is 0.0625. The van der Waals surface area contributed by atoms with Crippen LogP contribution in [0.15, 0.2) is 46.7 Å². The van der Waals surface area contributed by atoms with Crippen molar-refractivity contribution < 1.29 is 5.11 Å². The molecular formula is C16H13N3O2S. The van der Waals surface area contributed by atoms with Crippen molar-refractivity contribution in [1.82, 2.24) is 9.55 Å². The van der Waals surface area contributed by atoms with Crippen LogP contribution < -0.4 is 5.56 Å². The van der Waals surface area contributed by atoms with E-state index in [4.69, 9.17) is 12.2 Å². The molecule has 2 N–H and O–H groups in total. The van der Waals surface area contributed by atoms with Crippen molar-refractivity contribution in [1.29, 1.82) is 0 Å². The van der Waals surface area contributed by atoms with Gasteiger partial charge in [-0.25, -0.2) is 0 Å². The van der Waals surface area contributed by atoms with Gasteiger partial charge in [-0.15, -0.1) is 6.58 Å². The van der Waals surface area contributed by atoms with Crippen molar-refractivity contribution in [2.75, 3.05) is 0 Å². The topological polar surface area (TPSA) is 70.4 Å². The van der Waals surface area contributed by atoms with Crippen LogP contribution in [0.25, 0.3) is 11.6 Å². The molecule has 1 aromatic heterocycles. The number of para-hydroxylation sites is 1. The van der Waals surface area contributed by atoms with Crippen LogP contribution in [-0.2, 0) is 6.54 Å². The summed E-state index contributed by atoms with van der Waals surface area (Å²) in [7, 11) is 0. The number of nitrogens with zero attached hydrogens (tertiary/aromatic N) is 2. The first kappa shape index (κ1) is 14.2. The molecule has 0 fully saturated rings. The second kappa shape index (κ2) is 5.57. The van der Waals surface area contributed by atoms with Gasteiger partial charge in [0, 0.05) is 23.9 Å². The maximum Gasteiger partial charge on any atom is 0.262 e. The molecule has 1 aromatic carbocycles. The third kappa shape index (κ3) is 2.33. The lowest BCUT2D eigenvalue weighted by Crippen LogP contribution is -2.16. The second-order valence-electron chi connectivity index (χ2n) is 4.77. The number of aliphatic imine (C=N–C) groups is 1. The second-order valence-corrected chi connectivity index (χ2v) is 5.16. The molecule has 2 heterocycles. The van der Waals surface area contributed by atoms with E-state index in [-0.39, 0.29) is 16.2 Å². The van der Waals surface area contributed by atoms with Crippen LogP contribution in [0, 0.1) is 4.77 Å². The quantitative estimate of drug-likeness (QED) is 0.676. The normalized spacial score (nSPS) is 14.3. The highest BCUT2D eigenvalue weighted by atomic mass is 32.1. The van der Waals surface area contributed by atoms with E-state index >= 15 is 0 Å².